The molecule has 7 nitrogen and oxygen atoms in total. The van der Waals surface area contributed by atoms with Crippen LogP contribution in [0.4, 0.5) is 5.69 Å². The molecule has 8 heteroatoms. The lowest BCUT2D eigenvalue weighted by Crippen LogP contribution is -2.49. The fraction of sp³-hybridized carbons (Fsp3) is 0.241. The van der Waals surface area contributed by atoms with Gasteiger partial charge in [0.2, 0.25) is 5.89 Å². The number of hydrogen-bond donors (Lipinski definition) is 0. The van der Waals surface area contributed by atoms with Gasteiger partial charge in [0.15, 0.2) is 5.76 Å². The van der Waals surface area contributed by atoms with Crippen LogP contribution in [0.3, 0.4) is 0 Å². The van der Waals surface area contributed by atoms with Crippen molar-refractivity contribution >= 4 is 23.2 Å². The Morgan fingerprint density at radius 1 is 0.946 bits per heavy atom. The third kappa shape index (κ3) is 5.00. The molecule has 0 atom stereocenters. The third-order valence-corrected chi connectivity index (χ3v) is 6.88. The standard InChI is InChI=1S/C29H28ClN3O4/c1-19-8-9-20(30)16-25(19)32-12-14-33(15-13-32)29(34)23-7-5-4-6-22(23)28-31-18-27(37-28)24-11-10-21(35-2)17-26(24)36-3/h4-11,16-18H,12-15H2,1-3H3. The zero-order valence-electron chi connectivity index (χ0n) is 21.0. The minimum absolute atomic E-state index is 0.0418. The van der Waals surface area contributed by atoms with Crippen LogP contribution >= 0.6 is 11.6 Å². The van der Waals surface area contributed by atoms with Gasteiger partial charge >= 0.3 is 0 Å². The average Bonchev–Trinajstić information content (AvgIpc) is 3.43. The fourth-order valence-electron chi connectivity index (χ4n) is 4.63. The number of amides is 1. The summed E-state index contributed by atoms with van der Waals surface area (Å²) in [5.41, 5.74) is 4.24. The molecule has 2 heterocycles. The number of rotatable bonds is 6. The smallest absolute Gasteiger partial charge is 0.254 e. The third-order valence-electron chi connectivity index (χ3n) is 6.65. The van der Waals surface area contributed by atoms with E-state index in [-0.39, 0.29) is 5.91 Å². The van der Waals surface area contributed by atoms with Gasteiger partial charge in [0, 0.05) is 48.5 Å². The van der Waals surface area contributed by atoms with E-state index in [1.54, 1.807) is 26.5 Å². The number of ether oxygens (including phenoxy) is 2. The number of anilines is 1. The molecule has 0 spiro atoms. The second kappa shape index (κ2) is 10.6. The number of carbonyl (C=O) groups is 1. The molecule has 37 heavy (non-hydrogen) atoms. The van der Waals surface area contributed by atoms with E-state index in [2.05, 4.69) is 16.8 Å². The van der Waals surface area contributed by atoms with Crippen molar-refractivity contribution in [2.45, 2.75) is 6.92 Å². The highest BCUT2D eigenvalue weighted by molar-refractivity contribution is 6.30. The number of nitrogens with zero attached hydrogens (tertiary/aromatic N) is 3. The van der Waals surface area contributed by atoms with Gasteiger partial charge in [0.05, 0.1) is 31.5 Å². The fourth-order valence-corrected chi connectivity index (χ4v) is 4.79. The maximum absolute atomic E-state index is 13.6. The lowest BCUT2D eigenvalue weighted by molar-refractivity contribution is 0.0747. The van der Waals surface area contributed by atoms with Crippen LogP contribution in [-0.2, 0) is 0 Å². The van der Waals surface area contributed by atoms with Gasteiger partial charge in [-0.2, -0.15) is 0 Å². The summed E-state index contributed by atoms with van der Waals surface area (Å²) in [5, 5.41) is 0.714. The van der Waals surface area contributed by atoms with E-state index in [1.165, 1.54) is 5.56 Å². The van der Waals surface area contributed by atoms with Crippen LogP contribution in [0.2, 0.25) is 5.02 Å². The second-order valence-corrected chi connectivity index (χ2v) is 9.29. The molecule has 0 bridgehead atoms. The van der Waals surface area contributed by atoms with Crippen molar-refractivity contribution in [2.24, 2.45) is 0 Å². The Morgan fingerprint density at radius 2 is 1.73 bits per heavy atom. The molecule has 0 unspecified atom stereocenters. The summed E-state index contributed by atoms with van der Waals surface area (Å²) in [6.07, 6.45) is 1.65. The molecule has 5 rings (SSSR count). The maximum Gasteiger partial charge on any atom is 0.254 e. The minimum atomic E-state index is -0.0418. The predicted octanol–water partition coefficient (Wildman–Crippen LogP) is 5.95. The van der Waals surface area contributed by atoms with Gasteiger partial charge in [0.1, 0.15) is 11.5 Å². The van der Waals surface area contributed by atoms with E-state index in [0.717, 1.165) is 24.3 Å². The average molecular weight is 518 g/mol. The summed E-state index contributed by atoms with van der Waals surface area (Å²) >= 11 is 6.22. The van der Waals surface area contributed by atoms with E-state index in [1.807, 2.05) is 59.5 Å². The number of carbonyl (C=O) groups excluding carboxylic acids is 1. The number of benzene rings is 3. The van der Waals surface area contributed by atoms with Gasteiger partial charge in [-0.3, -0.25) is 4.79 Å². The topological polar surface area (TPSA) is 68.0 Å². The van der Waals surface area contributed by atoms with E-state index in [4.69, 9.17) is 25.5 Å². The van der Waals surface area contributed by atoms with Gasteiger partial charge in [0.25, 0.3) is 5.91 Å². The van der Waals surface area contributed by atoms with Gasteiger partial charge in [-0.1, -0.05) is 29.8 Å². The van der Waals surface area contributed by atoms with Crippen molar-refractivity contribution in [1.29, 1.82) is 0 Å². The molecule has 1 saturated heterocycles. The first-order valence-electron chi connectivity index (χ1n) is 12.1. The Bertz CT molecular complexity index is 1430. The van der Waals surface area contributed by atoms with Crippen LogP contribution in [0.5, 0.6) is 11.5 Å². The molecule has 190 valence electrons. The molecule has 0 radical (unpaired) electrons. The van der Waals surface area contributed by atoms with Gasteiger partial charge in [-0.15, -0.1) is 0 Å². The SMILES string of the molecule is COc1ccc(-c2cnc(-c3ccccc3C(=O)N3CCN(c4cc(Cl)ccc4C)CC3)o2)c(OC)c1. The molecule has 1 aliphatic heterocycles. The first kappa shape index (κ1) is 24.7. The Kier molecular flexibility index (Phi) is 7.06. The molecular formula is C29H28ClN3O4. The Balaban J connectivity index is 1.36. The highest BCUT2D eigenvalue weighted by Crippen LogP contribution is 2.36. The summed E-state index contributed by atoms with van der Waals surface area (Å²) in [6, 6.07) is 18.8. The van der Waals surface area contributed by atoms with Crippen molar-refractivity contribution in [3.8, 4) is 34.3 Å². The molecule has 3 aromatic carbocycles. The molecule has 0 saturated carbocycles. The van der Waals surface area contributed by atoms with Gasteiger partial charge < -0.3 is 23.7 Å². The zero-order valence-corrected chi connectivity index (χ0v) is 21.8. The summed E-state index contributed by atoms with van der Waals surface area (Å²) in [7, 11) is 3.20. The van der Waals surface area contributed by atoms with Crippen LogP contribution < -0.4 is 14.4 Å². The minimum Gasteiger partial charge on any atom is -0.497 e. The van der Waals surface area contributed by atoms with Crippen LogP contribution in [0.25, 0.3) is 22.8 Å². The van der Waals surface area contributed by atoms with E-state index in [9.17, 15) is 4.79 Å². The van der Waals surface area contributed by atoms with Crippen LogP contribution in [0.1, 0.15) is 15.9 Å². The van der Waals surface area contributed by atoms with Gasteiger partial charge in [-0.05, 0) is 48.9 Å². The van der Waals surface area contributed by atoms with Crippen molar-refractivity contribution < 1.29 is 18.7 Å². The van der Waals surface area contributed by atoms with E-state index >= 15 is 0 Å². The molecule has 0 aliphatic carbocycles. The molecule has 4 aromatic rings. The highest BCUT2D eigenvalue weighted by atomic mass is 35.5. The first-order chi connectivity index (χ1) is 18.0. The molecular weight excluding hydrogens is 490 g/mol. The monoisotopic (exact) mass is 517 g/mol. The molecule has 1 aliphatic rings. The Hall–Kier alpha value is -3.97. The number of methoxy groups -OCH3 is 2. The molecule has 1 amide bonds. The summed E-state index contributed by atoms with van der Waals surface area (Å²) in [6.45, 7) is 4.76. The highest BCUT2D eigenvalue weighted by Gasteiger charge is 2.26. The number of piperazine rings is 1. The molecule has 1 fully saturated rings. The lowest BCUT2D eigenvalue weighted by atomic mass is 10.1. The van der Waals surface area contributed by atoms with Crippen molar-refractivity contribution in [1.82, 2.24) is 9.88 Å². The van der Waals surface area contributed by atoms with E-state index in [0.29, 0.717) is 52.4 Å². The van der Waals surface area contributed by atoms with Crippen LogP contribution in [0, 0.1) is 6.92 Å². The van der Waals surface area contributed by atoms with Crippen molar-refractivity contribution in [3.63, 3.8) is 0 Å². The van der Waals surface area contributed by atoms with Crippen molar-refractivity contribution in [2.75, 3.05) is 45.3 Å². The van der Waals surface area contributed by atoms with Crippen molar-refractivity contribution in [3.05, 3.63) is 83.0 Å². The predicted molar refractivity (Wildman–Crippen MR) is 145 cm³/mol. The molecule has 0 N–H and O–H groups in total. The van der Waals surface area contributed by atoms with E-state index < -0.39 is 0 Å². The summed E-state index contributed by atoms with van der Waals surface area (Å²) < 4.78 is 16.9. The number of halogens is 1. The quantitative estimate of drug-likeness (QED) is 0.315. The summed E-state index contributed by atoms with van der Waals surface area (Å²) in [4.78, 5) is 22.2. The first-order valence-corrected chi connectivity index (χ1v) is 12.4. The Labute approximate surface area is 221 Å². The lowest BCUT2D eigenvalue weighted by Gasteiger charge is -2.37. The second-order valence-electron chi connectivity index (χ2n) is 8.85. The number of aryl methyl sites for hydroxylation is 1. The molecule has 1 aromatic heterocycles. The summed E-state index contributed by atoms with van der Waals surface area (Å²) in [5.74, 6) is 2.17. The number of oxazole rings is 1. The maximum atomic E-state index is 13.6. The van der Waals surface area contributed by atoms with Crippen LogP contribution in [-0.4, -0.2) is 56.2 Å². The number of hydrogen-bond acceptors (Lipinski definition) is 6. The Morgan fingerprint density at radius 3 is 2.49 bits per heavy atom. The number of aromatic nitrogens is 1. The van der Waals surface area contributed by atoms with Crippen LogP contribution in [0.15, 0.2) is 71.3 Å². The zero-order chi connectivity index (χ0) is 25.9. The largest absolute Gasteiger partial charge is 0.497 e. The normalized spacial score (nSPS) is 13.5. The van der Waals surface area contributed by atoms with Gasteiger partial charge in [-0.25, -0.2) is 4.98 Å².